The molecule has 1 amide bonds. The number of aliphatic hydroxyl groups is 1. The molecule has 94 valence electrons. The van der Waals surface area contributed by atoms with Gasteiger partial charge in [-0.05, 0) is 33.1 Å². The van der Waals surface area contributed by atoms with Crippen LogP contribution in [0.5, 0.6) is 0 Å². The normalized spacial score (nSPS) is 25.5. The van der Waals surface area contributed by atoms with Crippen molar-refractivity contribution in [3.8, 4) is 0 Å². The van der Waals surface area contributed by atoms with E-state index in [9.17, 15) is 4.79 Å². The van der Waals surface area contributed by atoms with E-state index in [0.717, 1.165) is 13.1 Å². The van der Waals surface area contributed by atoms with Gasteiger partial charge in [-0.2, -0.15) is 0 Å². The number of hydrogen-bond acceptors (Lipinski definition) is 4. The van der Waals surface area contributed by atoms with Crippen LogP contribution in [-0.4, -0.2) is 42.5 Å². The van der Waals surface area contributed by atoms with Crippen LogP contribution in [0.2, 0.25) is 0 Å². The standard InChI is InChI=1S/C11H22N2O3/c1-11(2,3)16-10(15)13-9-7-12-6-8(9)4-5-14/h8-9,12,14H,4-7H2,1-3H3,(H,13,15)/t8-,9-/m1/s1. The van der Waals surface area contributed by atoms with Crippen molar-refractivity contribution in [3.05, 3.63) is 0 Å². The van der Waals surface area contributed by atoms with Gasteiger partial charge in [0.05, 0.1) is 0 Å². The number of rotatable bonds is 3. The minimum absolute atomic E-state index is 0.0574. The van der Waals surface area contributed by atoms with E-state index in [1.54, 1.807) is 0 Å². The fourth-order valence-electron chi connectivity index (χ4n) is 1.83. The molecular weight excluding hydrogens is 208 g/mol. The fraction of sp³-hybridized carbons (Fsp3) is 0.909. The molecule has 0 saturated carbocycles. The van der Waals surface area contributed by atoms with Crippen molar-refractivity contribution in [2.24, 2.45) is 5.92 Å². The van der Waals surface area contributed by atoms with E-state index in [0.29, 0.717) is 6.42 Å². The Morgan fingerprint density at radius 2 is 2.19 bits per heavy atom. The lowest BCUT2D eigenvalue weighted by atomic mass is 10.0. The second-order valence-corrected chi connectivity index (χ2v) is 5.18. The third kappa shape index (κ3) is 4.37. The van der Waals surface area contributed by atoms with Crippen molar-refractivity contribution in [1.82, 2.24) is 10.6 Å². The molecule has 1 aliphatic rings. The second-order valence-electron chi connectivity index (χ2n) is 5.18. The van der Waals surface area contributed by atoms with Gasteiger partial charge >= 0.3 is 6.09 Å². The highest BCUT2D eigenvalue weighted by Gasteiger charge is 2.29. The summed E-state index contributed by atoms with van der Waals surface area (Å²) in [7, 11) is 0. The largest absolute Gasteiger partial charge is 0.444 e. The summed E-state index contributed by atoms with van der Waals surface area (Å²) >= 11 is 0. The van der Waals surface area contributed by atoms with Crippen LogP contribution in [0.3, 0.4) is 0 Å². The molecule has 1 saturated heterocycles. The van der Waals surface area contributed by atoms with E-state index in [1.807, 2.05) is 20.8 Å². The predicted molar refractivity (Wildman–Crippen MR) is 61.2 cm³/mol. The van der Waals surface area contributed by atoms with E-state index in [2.05, 4.69) is 10.6 Å². The summed E-state index contributed by atoms with van der Waals surface area (Å²) in [5.74, 6) is 0.289. The summed E-state index contributed by atoms with van der Waals surface area (Å²) in [6.07, 6.45) is 0.317. The maximum Gasteiger partial charge on any atom is 0.407 e. The molecule has 0 aromatic heterocycles. The van der Waals surface area contributed by atoms with Crippen LogP contribution in [0, 0.1) is 5.92 Å². The van der Waals surface area contributed by atoms with E-state index in [4.69, 9.17) is 9.84 Å². The third-order valence-corrected chi connectivity index (χ3v) is 2.54. The number of alkyl carbamates (subject to hydrolysis) is 1. The topological polar surface area (TPSA) is 70.6 Å². The Morgan fingerprint density at radius 3 is 2.75 bits per heavy atom. The first-order valence-electron chi connectivity index (χ1n) is 5.73. The summed E-state index contributed by atoms with van der Waals surface area (Å²) in [5, 5.41) is 14.9. The molecule has 5 nitrogen and oxygen atoms in total. The van der Waals surface area contributed by atoms with Gasteiger partial charge in [0, 0.05) is 25.7 Å². The summed E-state index contributed by atoms with van der Waals surface area (Å²) in [5.41, 5.74) is -0.470. The molecule has 3 N–H and O–H groups in total. The van der Waals surface area contributed by atoms with Gasteiger partial charge in [-0.25, -0.2) is 4.79 Å². The molecule has 5 heteroatoms. The average Bonchev–Trinajstić information content (AvgIpc) is 2.50. The Kier molecular flexibility index (Phi) is 4.56. The van der Waals surface area contributed by atoms with E-state index in [-0.39, 0.29) is 24.7 Å². The lowest BCUT2D eigenvalue weighted by Gasteiger charge is -2.23. The maximum absolute atomic E-state index is 11.5. The van der Waals surface area contributed by atoms with Gasteiger partial charge in [-0.15, -0.1) is 0 Å². The fourth-order valence-corrected chi connectivity index (χ4v) is 1.83. The van der Waals surface area contributed by atoms with E-state index >= 15 is 0 Å². The van der Waals surface area contributed by atoms with Gasteiger partial charge in [-0.3, -0.25) is 0 Å². The first-order valence-corrected chi connectivity index (χ1v) is 5.73. The molecule has 0 spiro atoms. The van der Waals surface area contributed by atoms with Gasteiger partial charge in [0.25, 0.3) is 0 Å². The number of nitrogens with one attached hydrogen (secondary N) is 2. The zero-order valence-corrected chi connectivity index (χ0v) is 10.2. The van der Waals surface area contributed by atoms with Crippen LogP contribution >= 0.6 is 0 Å². The highest BCUT2D eigenvalue weighted by Crippen LogP contribution is 2.14. The quantitative estimate of drug-likeness (QED) is 0.659. The molecule has 0 aromatic rings. The molecule has 1 rings (SSSR count). The highest BCUT2D eigenvalue weighted by molar-refractivity contribution is 5.68. The van der Waals surface area contributed by atoms with E-state index in [1.165, 1.54) is 0 Å². The Labute approximate surface area is 96.6 Å². The Morgan fingerprint density at radius 1 is 1.50 bits per heavy atom. The van der Waals surface area contributed by atoms with Crippen molar-refractivity contribution in [3.63, 3.8) is 0 Å². The van der Waals surface area contributed by atoms with Crippen LogP contribution in [0.15, 0.2) is 0 Å². The Bertz CT molecular complexity index is 238. The Hall–Kier alpha value is -0.810. The lowest BCUT2D eigenvalue weighted by Crippen LogP contribution is -2.43. The van der Waals surface area contributed by atoms with Crippen LogP contribution < -0.4 is 10.6 Å². The van der Waals surface area contributed by atoms with Crippen molar-refractivity contribution in [1.29, 1.82) is 0 Å². The van der Waals surface area contributed by atoms with Gasteiger partial charge in [-0.1, -0.05) is 0 Å². The average molecular weight is 230 g/mol. The molecule has 0 aromatic carbocycles. The SMILES string of the molecule is CC(C)(C)OC(=O)N[C@@H]1CNC[C@H]1CCO. The summed E-state index contributed by atoms with van der Waals surface area (Å²) in [6, 6.07) is 0.0574. The Balaban J connectivity index is 2.38. The zero-order valence-electron chi connectivity index (χ0n) is 10.2. The smallest absolute Gasteiger partial charge is 0.407 e. The predicted octanol–water partition coefficient (Wildman–Crippen LogP) is 0.481. The molecule has 0 bridgehead atoms. The number of amides is 1. The summed E-state index contributed by atoms with van der Waals surface area (Å²) in [6.45, 7) is 7.24. The second kappa shape index (κ2) is 5.50. The molecule has 2 atom stereocenters. The monoisotopic (exact) mass is 230 g/mol. The molecule has 1 fully saturated rings. The minimum atomic E-state index is -0.470. The first kappa shape index (κ1) is 13.3. The van der Waals surface area contributed by atoms with Crippen LogP contribution in [0.4, 0.5) is 4.79 Å². The molecule has 0 radical (unpaired) electrons. The zero-order chi connectivity index (χ0) is 12.2. The van der Waals surface area contributed by atoms with Gasteiger partial charge in [0.1, 0.15) is 5.60 Å². The van der Waals surface area contributed by atoms with Gasteiger partial charge in [0.15, 0.2) is 0 Å². The minimum Gasteiger partial charge on any atom is -0.444 e. The molecule has 16 heavy (non-hydrogen) atoms. The molecule has 1 aliphatic heterocycles. The van der Waals surface area contributed by atoms with Crippen molar-refractivity contribution in [2.75, 3.05) is 19.7 Å². The van der Waals surface area contributed by atoms with Crippen molar-refractivity contribution < 1.29 is 14.6 Å². The van der Waals surface area contributed by atoms with Gasteiger partial charge < -0.3 is 20.5 Å². The third-order valence-electron chi connectivity index (χ3n) is 2.54. The molecule has 0 aliphatic carbocycles. The molecular formula is C11H22N2O3. The van der Waals surface area contributed by atoms with Crippen LogP contribution in [-0.2, 0) is 4.74 Å². The number of aliphatic hydroxyl groups excluding tert-OH is 1. The lowest BCUT2D eigenvalue weighted by molar-refractivity contribution is 0.0493. The first-order chi connectivity index (χ1) is 7.42. The number of ether oxygens (including phenoxy) is 1. The summed E-state index contributed by atoms with van der Waals surface area (Å²) in [4.78, 5) is 11.5. The van der Waals surface area contributed by atoms with Gasteiger partial charge in [0.2, 0.25) is 0 Å². The number of hydrogen-bond donors (Lipinski definition) is 3. The summed E-state index contributed by atoms with van der Waals surface area (Å²) < 4.78 is 5.19. The highest BCUT2D eigenvalue weighted by atomic mass is 16.6. The number of carbonyl (C=O) groups is 1. The molecule has 0 unspecified atom stereocenters. The van der Waals surface area contributed by atoms with Crippen molar-refractivity contribution >= 4 is 6.09 Å². The molecule has 1 heterocycles. The number of carbonyl (C=O) groups excluding carboxylic acids is 1. The maximum atomic E-state index is 11.5. The van der Waals surface area contributed by atoms with Crippen LogP contribution in [0.25, 0.3) is 0 Å². The van der Waals surface area contributed by atoms with Crippen molar-refractivity contribution in [2.45, 2.75) is 38.8 Å². The van der Waals surface area contributed by atoms with E-state index < -0.39 is 5.60 Å². The van der Waals surface area contributed by atoms with Crippen LogP contribution in [0.1, 0.15) is 27.2 Å².